The largest absolute Gasteiger partial charge is 0.510 e. The number of methoxy groups -OCH3 is 1. The highest BCUT2D eigenvalue weighted by Gasteiger charge is 2.63. The molecule has 0 bridgehead atoms. The molecular formula is C29H31N3O10. The summed E-state index contributed by atoms with van der Waals surface area (Å²) in [4.78, 5) is 54.3. The molecule has 2 amide bonds. The molecule has 13 nitrogen and oxygen atoms in total. The van der Waals surface area contributed by atoms with Crippen LogP contribution in [-0.4, -0.2) is 93.7 Å². The first-order chi connectivity index (χ1) is 19.7. The molecule has 13 heteroatoms. The molecule has 3 aliphatic carbocycles. The van der Waals surface area contributed by atoms with Gasteiger partial charge in [0.15, 0.2) is 11.4 Å². The number of aromatic hydroxyl groups is 1. The van der Waals surface area contributed by atoms with E-state index >= 15 is 0 Å². The van der Waals surface area contributed by atoms with Crippen molar-refractivity contribution in [2.24, 2.45) is 17.6 Å². The number of phenolic OH excluding ortho intramolecular Hbond substituents is 1. The molecule has 4 atom stereocenters. The molecule has 0 saturated heterocycles. The number of aliphatic hydroxyl groups excluding tert-OH is 2. The molecule has 0 aliphatic heterocycles. The molecule has 0 fully saturated rings. The fourth-order valence-corrected chi connectivity index (χ4v) is 6.64. The van der Waals surface area contributed by atoms with Crippen molar-refractivity contribution in [3.05, 3.63) is 63.8 Å². The number of carbonyl (C=O) groups excluding carboxylic acids is 4. The van der Waals surface area contributed by atoms with Crippen LogP contribution in [0.4, 0.5) is 4.79 Å². The molecule has 1 aromatic heterocycles. The van der Waals surface area contributed by atoms with Crippen molar-refractivity contribution in [3.63, 3.8) is 0 Å². The Balaban J connectivity index is 1.66. The number of ketones is 2. The van der Waals surface area contributed by atoms with Crippen LogP contribution in [0.25, 0.3) is 11.3 Å². The summed E-state index contributed by atoms with van der Waals surface area (Å²) in [6.45, 7) is 0.118. The van der Waals surface area contributed by atoms with Gasteiger partial charge in [-0.1, -0.05) is 0 Å². The Hall–Kier alpha value is -4.62. The van der Waals surface area contributed by atoms with Crippen LogP contribution in [0.1, 0.15) is 27.9 Å². The zero-order valence-corrected chi connectivity index (χ0v) is 23.4. The van der Waals surface area contributed by atoms with Crippen molar-refractivity contribution >= 4 is 23.6 Å². The summed E-state index contributed by atoms with van der Waals surface area (Å²) in [5.74, 6) is -6.89. The number of rotatable bonds is 5. The third-order valence-corrected chi connectivity index (χ3v) is 8.49. The number of Topliss-reactive ketones (excluding diaryl/α,β-unsaturated/α-hetero) is 2. The number of nitrogens with zero attached hydrogens (tertiary/aromatic N) is 2. The summed E-state index contributed by atoms with van der Waals surface area (Å²) in [6, 6.07) is 3.44. The second-order valence-electron chi connectivity index (χ2n) is 11.0. The average Bonchev–Trinajstić information content (AvgIpc) is 3.37. The third-order valence-electron chi connectivity index (χ3n) is 8.49. The molecule has 222 valence electrons. The van der Waals surface area contributed by atoms with Gasteiger partial charge in [0, 0.05) is 29.7 Å². The van der Waals surface area contributed by atoms with Gasteiger partial charge in [0.05, 0.1) is 31.5 Å². The molecule has 0 radical (unpaired) electrons. The van der Waals surface area contributed by atoms with Gasteiger partial charge in [0.25, 0.3) is 5.91 Å². The maximum absolute atomic E-state index is 13.9. The lowest BCUT2D eigenvalue weighted by atomic mass is 9.58. The number of likely N-dealkylation sites (N-methyl/N-ethyl adjacent to an activating group) is 1. The predicted molar refractivity (Wildman–Crippen MR) is 145 cm³/mol. The number of furan rings is 1. The summed E-state index contributed by atoms with van der Waals surface area (Å²) in [5.41, 5.74) is 2.86. The summed E-state index contributed by atoms with van der Waals surface area (Å²) in [5, 5.41) is 44.9. The highest BCUT2D eigenvalue weighted by Crippen LogP contribution is 2.53. The Bertz CT molecular complexity index is 1600. The van der Waals surface area contributed by atoms with E-state index in [0.717, 1.165) is 0 Å². The standard InChI is InChI=1S/C29H31N3O10/c1-31(2)21-16-10-13-9-15-14(24-12(7-8-42-24)11-32(3)28(39)41-4)5-6-17(33)19(15)22(34)18(13)25(36)29(16,40)26(37)20(23(21)35)27(30)38/h5-8,13,16,21,33,35-36,40H,9-11H2,1-4H3,(H2,30,38)/t13-,16-,21-,29-/m0/s1. The number of carbonyl (C=O) groups is 4. The summed E-state index contributed by atoms with van der Waals surface area (Å²) >= 11 is 0. The predicted octanol–water partition coefficient (Wildman–Crippen LogP) is 1.58. The molecule has 3 aliphatic rings. The Kier molecular flexibility index (Phi) is 6.90. The molecule has 1 heterocycles. The van der Waals surface area contributed by atoms with Crippen LogP contribution in [-0.2, 0) is 27.3 Å². The third kappa shape index (κ3) is 3.99. The number of hydrogen-bond donors (Lipinski definition) is 5. The second-order valence-corrected chi connectivity index (χ2v) is 11.0. The van der Waals surface area contributed by atoms with Crippen molar-refractivity contribution in [1.29, 1.82) is 0 Å². The van der Waals surface area contributed by atoms with Crippen molar-refractivity contribution in [2.45, 2.75) is 31.0 Å². The summed E-state index contributed by atoms with van der Waals surface area (Å²) < 4.78 is 10.5. The number of primary amides is 1. The normalized spacial score (nSPS) is 25.2. The van der Waals surface area contributed by atoms with E-state index in [9.17, 15) is 39.6 Å². The maximum atomic E-state index is 13.9. The number of hydrogen-bond acceptors (Lipinski definition) is 11. The van der Waals surface area contributed by atoms with Crippen LogP contribution in [0, 0.1) is 11.8 Å². The van der Waals surface area contributed by atoms with E-state index in [4.69, 9.17) is 14.9 Å². The maximum Gasteiger partial charge on any atom is 0.409 e. The second kappa shape index (κ2) is 10.0. The highest BCUT2D eigenvalue weighted by atomic mass is 16.5. The molecule has 0 saturated carbocycles. The number of amides is 2. The van der Waals surface area contributed by atoms with Crippen molar-refractivity contribution in [2.75, 3.05) is 28.3 Å². The fourth-order valence-electron chi connectivity index (χ4n) is 6.64. The molecular weight excluding hydrogens is 550 g/mol. The Morgan fingerprint density at radius 3 is 2.45 bits per heavy atom. The smallest absolute Gasteiger partial charge is 0.409 e. The van der Waals surface area contributed by atoms with Crippen LogP contribution in [0.5, 0.6) is 5.75 Å². The molecule has 2 aromatic rings. The fraction of sp³-hybridized carbons (Fsp3) is 0.379. The minimum atomic E-state index is -2.72. The average molecular weight is 582 g/mol. The Morgan fingerprint density at radius 2 is 1.83 bits per heavy atom. The molecule has 0 spiro atoms. The van der Waals surface area contributed by atoms with Crippen LogP contribution < -0.4 is 5.73 Å². The van der Waals surface area contributed by atoms with Crippen LogP contribution >= 0.6 is 0 Å². The summed E-state index contributed by atoms with van der Waals surface area (Å²) in [6.07, 6.45) is 0.903. The van der Waals surface area contributed by atoms with Crippen LogP contribution in [0.15, 0.2) is 51.5 Å². The molecule has 0 unspecified atom stereocenters. The SMILES string of the molecule is COC(=O)N(C)Cc1ccoc1-c1ccc(O)c2c1C[C@H]1C[C@H]3[C@H](N(C)C)C(O)=C(C(N)=O)C(=O)[C@@]3(O)C(O)=C1C2=O. The van der Waals surface area contributed by atoms with Gasteiger partial charge in [-0.3, -0.25) is 19.3 Å². The molecule has 42 heavy (non-hydrogen) atoms. The number of nitrogens with two attached hydrogens (primary N) is 1. The van der Waals surface area contributed by atoms with Gasteiger partial charge in [-0.05, 0) is 56.6 Å². The van der Waals surface area contributed by atoms with Crippen molar-refractivity contribution in [3.8, 4) is 17.1 Å². The lowest BCUT2D eigenvalue weighted by molar-refractivity contribution is -0.148. The minimum absolute atomic E-state index is 0.0447. The molecule has 5 rings (SSSR count). The van der Waals surface area contributed by atoms with E-state index in [2.05, 4.69) is 0 Å². The van der Waals surface area contributed by atoms with E-state index in [1.807, 2.05) is 0 Å². The first kappa shape index (κ1) is 28.9. The van der Waals surface area contributed by atoms with E-state index in [1.54, 1.807) is 33.3 Å². The van der Waals surface area contributed by atoms with Gasteiger partial charge in [0.1, 0.15) is 28.6 Å². The Labute approximate surface area is 240 Å². The van der Waals surface area contributed by atoms with E-state index in [0.29, 0.717) is 22.5 Å². The first-order valence-electron chi connectivity index (χ1n) is 13.1. The summed E-state index contributed by atoms with van der Waals surface area (Å²) in [7, 11) is 5.93. The number of benzene rings is 1. The topological polar surface area (TPSA) is 204 Å². The van der Waals surface area contributed by atoms with Gasteiger partial charge in [0.2, 0.25) is 5.78 Å². The van der Waals surface area contributed by atoms with E-state index in [-0.39, 0.29) is 36.3 Å². The van der Waals surface area contributed by atoms with Crippen molar-refractivity contribution < 1.29 is 48.8 Å². The highest BCUT2D eigenvalue weighted by molar-refractivity contribution is 6.24. The Morgan fingerprint density at radius 1 is 1.14 bits per heavy atom. The number of ether oxygens (including phenoxy) is 1. The van der Waals surface area contributed by atoms with Gasteiger partial charge in [-0.15, -0.1) is 0 Å². The van der Waals surface area contributed by atoms with E-state index in [1.165, 1.54) is 29.2 Å². The first-order valence-corrected chi connectivity index (χ1v) is 13.1. The monoisotopic (exact) mass is 581 g/mol. The van der Waals surface area contributed by atoms with Crippen LogP contribution in [0.3, 0.4) is 0 Å². The molecule has 6 N–H and O–H groups in total. The van der Waals surface area contributed by atoms with Gasteiger partial charge < -0.3 is 40.2 Å². The molecule has 1 aromatic carbocycles. The zero-order valence-electron chi connectivity index (χ0n) is 23.4. The zero-order chi connectivity index (χ0) is 30.8. The van der Waals surface area contributed by atoms with Crippen molar-refractivity contribution in [1.82, 2.24) is 9.80 Å². The number of fused-ring (bicyclic) bond motifs is 3. The minimum Gasteiger partial charge on any atom is -0.510 e. The van der Waals surface area contributed by atoms with Crippen LogP contribution in [0.2, 0.25) is 0 Å². The van der Waals surface area contributed by atoms with Gasteiger partial charge in [-0.25, -0.2) is 4.79 Å². The van der Waals surface area contributed by atoms with Gasteiger partial charge in [-0.2, -0.15) is 0 Å². The van der Waals surface area contributed by atoms with Gasteiger partial charge >= 0.3 is 6.09 Å². The lowest BCUT2D eigenvalue weighted by Crippen LogP contribution is -2.63. The number of allylic oxidation sites excluding steroid dienone is 1. The number of phenols is 1. The lowest BCUT2D eigenvalue weighted by Gasteiger charge is -2.50. The van der Waals surface area contributed by atoms with E-state index < -0.39 is 64.1 Å². The number of aliphatic hydroxyl groups is 3. The quantitative estimate of drug-likeness (QED) is 0.321.